The van der Waals surface area contributed by atoms with Crippen LogP contribution in [0, 0.1) is 17.8 Å². The molecule has 0 radical (unpaired) electrons. The van der Waals surface area contributed by atoms with E-state index < -0.39 is 6.10 Å². The molecule has 6 nitrogen and oxygen atoms in total. The van der Waals surface area contributed by atoms with E-state index in [0.717, 1.165) is 45.3 Å². The summed E-state index contributed by atoms with van der Waals surface area (Å²) in [5, 5.41) is 15.4. The van der Waals surface area contributed by atoms with Gasteiger partial charge in [0.2, 0.25) is 0 Å². The zero-order valence-corrected chi connectivity index (χ0v) is 17.3. The fourth-order valence-corrected chi connectivity index (χ4v) is 6.44. The molecular formula is C24H31N3O3. The van der Waals surface area contributed by atoms with Crippen molar-refractivity contribution < 1.29 is 14.6 Å². The highest BCUT2D eigenvalue weighted by atomic mass is 16.5. The number of rotatable bonds is 3. The highest BCUT2D eigenvalue weighted by Crippen LogP contribution is 2.49. The number of hydrogen-bond acceptors (Lipinski definition) is 5. The Morgan fingerprint density at radius 1 is 1.23 bits per heavy atom. The third-order valence-corrected chi connectivity index (χ3v) is 8.17. The SMILES string of the molecule is O=C(OC[C@H]1CCN1)[C@@H]1[C@H]2C[C@H]3c4[nH]c5ccccc5c4CCN3C[C@@H]2CC[C@@H]1O. The molecule has 1 aliphatic carbocycles. The first-order valence-corrected chi connectivity index (χ1v) is 11.6. The number of aliphatic hydroxyl groups excluding tert-OH is 1. The molecule has 3 fully saturated rings. The van der Waals surface area contributed by atoms with E-state index in [1.54, 1.807) is 0 Å². The quantitative estimate of drug-likeness (QED) is 0.679. The van der Waals surface area contributed by atoms with Crippen LogP contribution in [0.5, 0.6) is 0 Å². The first kappa shape index (κ1) is 18.8. The molecule has 2 saturated heterocycles. The summed E-state index contributed by atoms with van der Waals surface area (Å²) in [6.07, 6.45) is 4.19. The van der Waals surface area contributed by atoms with Crippen molar-refractivity contribution >= 4 is 16.9 Å². The minimum Gasteiger partial charge on any atom is -0.464 e. The largest absolute Gasteiger partial charge is 0.464 e. The standard InChI is InChI=1S/C24H31N3O3/c28-21-6-5-14-12-27-10-8-17-16-3-1-2-4-19(16)26-23(17)20(27)11-18(14)22(21)24(29)30-13-15-7-9-25-15/h1-4,14-15,18,20-22,25-26,28H,5-13H2/t14-,15+,18-,20-,21-,22+/m0/s1. The van der Waals surface area contributed by atoms with Crippen LogP contribution in [0.4, 0.5) is 0 Å². The van der Waals surface area contributed by atoms with Gasteiger partial charge in [0.25, 0.3) is 0 Å². The molecule has 0 amide bonds. The number of ether oxygens (including phenoxy) is 1. The Bertz CT molecular complexity index is 952. The molecular weight excluding hydrogens is 378 g/mol. The maximum Gasteiger partial charge on any atom is 0.311 e. The Balaban J connectivity index is 1.27. The van der Waals surface area contributed by atoms with E-state index in [1.807, 2.05) is 0 Å². The minimum absolute atomic E-state index is 0.188. The van der Waals surface area contributed by atoms with Gasteiger partial charge in [-0.05, 0) is 62.1 Å². The van der Waals surface area contributed by atoms with Gasteiger partial charge >= 0.3 is 5.97 Å². The van der Waals surface area contributed by atoms with Crippen molar-refractivity contribution in [2.45, 2.75) is 50.3 Å². The van der Waals surface area contributed by atoms with E-state index in [1.165, 1.54) is 22.2 Å². The fraction of sp³-hybridized carbons (Fsp3) is 0.625. The summed E-state index contributed by atoms with van der Waals surface area (Å²) in [7, 11) is 0. The van der Waals surface area contributed by atoms with Gasteiger partial charge in [0.1, 0.15) is 6.61 Å². The van der Waals surface area contributed by atoms with Gasteiger partial charge in [0, 0.05) is 35.7 Å². The Kier molecular flexibility index (Phi) is 4.62. The lowest BCUT2D eigenvalue weighted by Gasteiger charge is -2.51. The Morgan fingerprint density at radius 3 is 2.93 bits per heavy atom. The molecule has 6 rings (SSSR count). The number of carbonyl (C=O) groups excluding carboxylic acids is 1. The number of benzene rings is 1. The van der Waals surface area contributed by atoms with Crippen molar-refractivity contribution in [3.8, 4) is 0 Å². The highest BCUT2D eigenvalue weighted by Gasteiger charge is 2.49. The lowest BCUT2D eigenvalue weighted by molar-refractivity contribution is -0.164. The third-order valence-electron chi connectivity index (χ3n) is 8.17. The fourth-order valence-electron chi connectivity index (χ4n) is 6.44. The summed E-state index contributed by atoms with van der Waals surface area (Å²) in [5.74, 6) is 0.0805. The summed E-state index contributed by atoms with van der Waals surface area (Å²) in [6.45, 7) is 3.53. The van der Waals surface area contributed by atoms with Crippen LogP contribution in [-0.4, -0.2) is 59.3 Å². The number of H-pyrrole nitrogens is 1. The first-order chi connectivity index (χ1) is 14.7. The van der Waals surface area contributed by atoms with Gasteiger partial charge in [-0.1, -0.05) is 18.2 Å². The van der Waals surface area contributed by atoms with Gasteiger partial charge in [-0.25, -0.2) is 0 Å². The predicted molar refractivity (Wildman–Crippen MR) is 114 cm³/mol. The zero-order chi connectivity index (χ0) is 20.2. The molecule has 30 heavy (non-hydrogen) atoms. The summed E-state index contributed by atoms with van der Waals surface area (Å²) in [6, 6.07) is 9.16. The Hall–Kier alpha value is -1.89. The number of nitrogens with one attached hydrogen (secondary N) is 2. The van der Waals surface area contributed by atoms with Crippen LogP contribution >= 0.6 is 0 Å². The maximum absolute atomic E-state index is 13.0. The van der Waals surface area contributed by atoms with Crippen molar-refractivity contribution in [2.24, 2.45) is 17.8 Å². The molecule has 1 aromatic carbocycles. The van der Waals surface area contributed by atoms with E-state index in [2.05, 4.69) is 39.5 Å². The molecule has 3 aliphatic heterocycles. The molecule has 0 unspecified atom stereocenters. The van der Waals surface area contributed by atoms with E-state index in [9.17, 15) is 9.90 Å². The normalized spacial score (nSPS) is 35.8. The molecule has 6 heteroatoms. The van der Waals surface area contributed by atoms with Gasteiger partial charge in [-0.2, -0.15) is 0 Å². The van der Waals surface area contributed by atoms with E-state index >= 15 is 0 Å². The van der Waals surface area contributed by atoms with Crippen molar-refractivity contribution in [3.05, 3.63) is 35.5 Å². The second-order valence-electron chi connectivity index (χ2n) is 9.72. The van der Waals surface area contributed by atoms with Crippen LogP contribution in [0.2, 0.25) is 0 Å². The maximum atomic E-state index is 13.0. The minimum atomic E-state index is -0.578. The Labute approximate surface area is 177 Å². The first-order valence-electron chi connectivity index (χ1n) is 11.6. The number of para-hydroxylation sites is 1. The summed E-state index contributed by atoms with van der Waals surface area (Å²) >= 11 is 0. The van der Waals surface area contributed by atoms with Crippen molar-refractivity contribution in [1.29, 1.82) is 0 Å². The molecule has 1 aromatic heterocycles. The van der Waals surface area contributed by atoms with Crippen molar-refractivity contribution in [1.82, 2.24) is 15.2 Å². The third kappa shape index (κ3) is 3.00. The second-order valence-corrected chi connectivity index (χ2v) is 9.72. The molecule has 2 aromatic rings. The molecule has 1 saturated carbocycles. The number of aliphatic hydroxyl groups is 1. The van der Waals surface area contributed by atoms with Gasteiger partial charge < -0.3 is 20.1 Å². The van der Waals surface area contributed by atoms with E-state index in [0.29, 0.717) is 31.0 Å². The zero-order valence-electron chi connectivity index (χ0n) is 17.3. The second kappa shape index (κ2) is 7.36. The van der Waals surface area contributed by atoms with Crippen molar-refractivity contribution in [3.63, 3.8) is 0 Å². The predicted octanol–water partition coefficient (Wildman–Crippen LogP) is 2.38. The average molecular weight is 410 g/mol. The van der Waals surface area contributed by atoms with Crippen molar-refractivity contribution in [2.75, 3.05) is 26.2 Å². The topological polar surface area (TPSA) is 77.6 Å². The number of fused-ring (bicyclic) bond motifs is 6. The van der Waals surface area contributed by atoms with E-state index in [4.69, 9.17) is 4.74 Å². The molecule has 3 N–H and O–H groups in total. The average Bonchev–Trinajstić information content (AvgIpc) is 3.10. The van der Waals surface area contributed by atoms with Crippen LogP contribution in [0.25, 0.3) is 10.9 Å². The molecule has 6 atom stereocenters. The number of hydrogen-bond donors (Lipinski definition) is 3. The van der Waals surface area contributed by atoms with Crippen LogP contribution in [0.3, 0.4) is 0 Å². The lowest BCUT2D eigenvalue weighted by Crippen LogP contribution is -2.54. The van der Waals surface area contributed by atoms with Crippen LogP contribution in [0.1, 0.15) is 43.0 Å². The highest BCUT2D eigenvalue weighted by molar-refractivity contribution is 5.85. The number of aromatic amines is 1. The molecule has 0 bridgehead atoms. The molecule has 0 spiro atoms. The van der Waals surface area contributed by atoms with Gasteiger partial charge in [0.15, 0.2) is 0 Å². The molecule has 160 valence electrons. The van der Waals surface area contributed by atoms with Gasteiger partial charge in [-0.3, -0.25) is 9.69 Å². The number of esters is 1. The van der Waals surface area contributed by atoms with Gasteiger partial charge in [0.05, 0.1) is 18.1 Å². The smallest absolute Gasteiger partial charge is 0.311 e. The van der Waals surface area contributed by atoms with Crippen LogP contribution < -0.4 is 5.32 Å². The Morgan fingerprint density at radius 2 is 2.10 bits per heavy atom. The number of piperidine rings is 1. The monoisotopic (exact) mass is 409 g/mol. The number of aromatic nitrogens is 1. The number of carbonyl (C=O) groups is 1. The molecule has 4 heterocycles. The number of nitrogens with zero attached hydrogens (tertiary/aromatic N) is 1. The summed E-state index contributed by atoms with van der Waals surface area (Å²) in [5.41, 5.74) is 3.97. The van der Waals surface area contributed by atoms with Crippen LogP contribution in [-0.2, 0) is 16.0 Å². The van der Waals surface area contributed by atoms with E-state index in [-0.39, 0.29) is 17.8 Å². The summed E-state index contributed by atoms with van der Waals surface area (Å²) < 4.78 is 5.68. The van der Waals surface area contributed by atoms with Gasteiger partial charge in [-0.15, -0.1) is 0 Å². The van der Waals surface area contributed by atoms with Crippen LogP contribution in [0.15, 0.2) is 24.3 Å². The summed E-state index contributed by atoms with van der Waals surface area (Å²) in [4.78, 5) is 19.3. The lowest BCUT2D eigenvalue weighted by atomic mass is 9.65. The molecule has 4 aliphatic rings.